The molecule has 14 heteroatoms. The number of hydrogen-bond acceptors (Lipinski definition) is 10. The van der Waals surface area contributed by atoms with Gasteiger partial charge in [-0.2, -0.15) is 0 Å². The summed E-state index contributed by atoms with van der Waals surface area (Å²) in [5.74, 6) is -1.02. The van der Waals surface area contributed by atoms with Crippen molar-refractivity contribution in [2.45, 2.75) is 125 Å². The van der Waals surface area contributed by atoms with Gasteiger partial charge in [-0.3, -0.25) is 18.9 Å². The molecule has 292 valence electrons. The lowest BCUT2D eigenvalue weighted by atomic mass is 9.85. The Morgan fingerprint density at radius 3 is 2.37 bits per heavy atom. The third-order valence-corrected chi connectivity index (χ3v) is 11.2. The Morgan fingerprint density at radius 1 is 1.04 bits per heavy atom. The van der Waals surface area contributed by atoms with Gasteiger partial charge in [-0.15, -0.1) is 11.8 Å². The average Bonchev–Trinajstić information content (AvgIpc) is 3.34. The van der Waals surface area contributed by atoms with Crippen molar-refractivity contribution in [3.63, 3.8) is 0 Å². The lowest BCUT2D eigenvalue weighted by Crippen LogP contribution is -2.61. The third kappa shape index (κ3) is 11.4. The summed E-state index contributed by atoms with van der Waals surface area (Å²) in [6.45, 7) is 11.1. The summed E-state index contributed by atoms with van der Waals surface area (Å²) in [5, 5.41) is 35.4. The predicted molar refractivity (Wildman–Crippen MR) is 196 cm³/mol. The fraction of sp³-hybridized carbons (Fsp3) is 0.711. The molecule has 0 spiro atoms. The molecule has 52 heavy (non-hydrogen) atoms. The molecule has 1 aromatic carbocycles. The maximum Gasteiger partial charge on any atom is 0.410 e. The maximum atomic E-state index is 14.0. The summed E-state index contributed by atoms with van der Waals surface area (Å²) in [6.07, 6.45) is -1.44. The van der Waals surface area contributed by atoms with E-state index < -0.39 is 66.8 Å². The third-order valence-electron chi connectivity index (χ3n) is 9.90. The van der Waals surface area contributed by atoms with E-state index in [-0.39, 0.29) is 30.7 Å². The number of unbranched alkanes of at least 4 members (excludes halogenated alkanes) is 1. The number of aliphatic hydroxyl groups excluding tert-OH is 3. The van der Waals surface area contributed by atoms with Crippen molar-refractivity contribution in [3.8, 4) is 0 Å². The van der Waals surface area contributed by atoms with Crippen LogP contribution in [0.4, 0.5) is 9.18 Å². The summed E-state index contributed by atoms with van der Waals surface area (Å²) in [7, 11) is 0. The zero-order valence-electron chi connectivity index (χ0n) is 31.2. The number of thioether (sulfide) groups is 1. The van der Waals surface area contributed by atoms with Crippen LogP contribution in [0.15, 0.2) is 40.8 Å². The number of alkyl halides is 1. The molecule has 4 N–H and O–H groups in total. The number of amides is 3. The van der Waals surface area contributed by atoms with E-state index in [1.54, 1.807) is 37.8 Å². The molecule has 0 aliphatic carbocycles. The number of ether oxygens (including phenoxy) is 3. The van der Waals surface area contributed by atoms with Gasteiger partial charge in [-0.1, -0.05) is 25.5 Å². The van der Waals surface area contributed by atoms with E-state index in [9.17, 15) is 34.1 Å². The molecule has 2 fully saturated rings. The topological polar surface area (TPSA) is 158 Å². The normalized spacial score (nSPS) is 26.9. The molecule has 2 saturated heterocycles. The molecule has 3 heterocycles. The summed E-state index contributed by atoms with van der Waals surface area (Å²) in [6, 6.07) is 6.40. The summed E-state index contributed by atoms with van der Waals surface area (Å²) >= 11 is 1.47. The van der Waals surface area contributed by atoms with E-state index >= 15 is 0 Å². The quantitative estimate of drug-likeness (QED) is 0.132. The minimum atomic E-state index is -1.45. The second-order valence-corrected chi connectivity index (χ2v) is 16.3. The zero-order valence-corrected chi connectivity index (χ0v) is 32.0. The lowest BCUT2D eigenvalue weighted by molar-refractivity contribution is -0.234. The Morgan fingerprint density at radius 2 is 1.73 bits per heavy atom. The van der Waals surface area contributed by atoms with Crippen molar-refractivity contribution in [2.24, 2.45) is 5.92 Å². The number of nitrogens with zero attached hydrogens (tertiary/aromatic N) is 2. The molecular weight excluding hydrogens is 693 g/mol. The number of halogens is 1. The molecule has 0 saturated carbocycles. The number of carbonyl (C=O) groups excluding carboxylic acids is 3. The predicted octanol–water partition coefficient (Wildman–Crippen LogP) is 4.10. The first-order chi connectivity index (χ1) is 24.7. The average molecular weight is 752 g/mol. The van der Waals surface area contributed by atoms with Crippen molar-refractivity contribution in [2.75, 3.05) is 46.1 Å². The van der Waals surface area contributed by atoms with E-state index in [2.05, 4.69) is 5.32 Å². The molecule has 4 rings (SSSR count). The summed E-state index contributed by atoms with van der Waals surface area (Å²) < 4.78 is 30.1. The van der Waals surface area contributed by atoms with Crippen molar-refractivity contribution in [1.82, 2.24) is 15.1 Å². The van der Waals surface area contributed by atoms with Gasteiger partial charge in [0.1, 0.15) is 30.0 Å². The molecule has 4 unspecified atom stereocenters. The van der Waals surface area contributed by atoms with Crippen molar-refractivity contribution in [3.05, 3.63) is 41.5 Å². The van der Waals surface area contributed by atoms with Crippen LogP contribution in [0.2, 0.25) is 0 Å². The molecular formula is C38H58FN3O9S. The van der Waals surface area contributed by atoms with Crippen molar-refractivity contribution in [1.29, 1.82) is 0 Å². The summed E-state index contributed by atoms with van der Waals surface area (Å²) in [5.41, 5.74) is 0.854. The molecule has 1 aromatic rings. The van der Waals surface area contributed by atoms with Gasteiger partial charge in [0.05, 0.1) is 32.1 Å². The van der Waals surface area contributed by atoms with Crippen LogP contribution in [0, 0.1) is 5.92 Å². The Kier molecular flexibility index (Phi) is 15.8. The van der Waals surface area contributed by atoms with Crippen LogP contribution in [0.5, 0.6) is 0 Å². The van der Waals surface area contributed by atoms with Crippen molar-refractivity contribution >= 4 is 29.7 Å². The Hall–Kier alpha value is -2.75. The Labute approximate surface area is 311 Å². The number of rotatable bonds is 13. The number of hydrogen-bond donors (Lipinski definition) is 4. The van der Waals surface area contributed by atoms with E-state index in [4.69, 9.17) is 14.2 Å². The first kappa shape index (κ1) is 42.0. The minimum absolute atomic E-state index is 0.0350. The first-order valence-electron chi connectivity index (χ1n) is 18.6. The first-order valence-corrected chi connectivity index (χ1v) is 19.5. The number of morpholine rings is 1. The van der Waals surface area contributed by atoms with Crippen LogP contribution in [0.1, 0.15) is 83.5 Å². The molecule has 3 amide bonds. The number of nitrogens with one attached hydrogen (secondary N) is 1. The largest absolute Gasteiger partial charge is 0.444 e. The highest BCUT2D eigenvalue weighted by Crippen LogP contribution is 2.36. The number of aliphatic hydroxyl groups is 3. The van der Waals surface area contributed by atoms with Gasteiger partial charge < -0.3 is 39.7 Å². The molecule has 0 bridgehead atoms. The van der Waals surface area contributed by atoms with E-state index in [0.29, 0.717) is 64.0 Å². The highest BCUT2D eigenvalue weighted by Gasteiger charge is 2.47. The second-order valence-electron chi connectivity index (χ2n) is 14.9. The minimum Gasteiger partial charge on any atom is -0.444 e. The van der Waals surface area contributed by atoms with Crippen LogP contribution in [-0.4, -0.2) is 137 Å². The Balaban J connectivity index is 1.54. The number of carbonyl (C=O) groups is 3. The van der Waals surface area contributed by atoms with Crippen LogP contribution in [-0.2, 0) is 19.0 Å². The van der Waals surface area contributed by atoms with Crippen molar-refractivity contribution < 1.29 is 48.3 Å². The van der Waals surface area contributed by atoms with Gasteiger partial charge in [0.25, 0.3) is 5.91 Å². The molecule has 3 aliphatic heterocycles. The van der Waals surface area contributed by atoms with Gasteiger partial charge in [-0.25, -0.2) is 4.79 Å². The maximum absolute atomic E-state index is 14.0. The molecule has 12 nitrogen and oxygen atoms in total. The lowest BCUT2D eigenvalue weighted by Gasteiger charge is -2.45. The second kappa shape index (κ2) is 19.5. The van der Waals surface area contributed by atoms with Crippen LogP contribution >= 0.6 is 11.8 Å². The van der Waals surface area contributed by atoms with Gasteiger partial charge in [0.2, 0.25) is 5.91 Å². The number of benzene rings is 1. The van der Waals surface area contributed by atoms with E-state index in [0.717, 1.165) is 10.5 Å². The molecule has 8 atom stereocenters. The van der Waals surface area contributed by atoms with Crippen LogP contribution < -0.4 is 5.32 Å². The monoisotopic (exact) mass is 751 g/mol. The highest BCUT2D eigenvalue weighted by molar-refractivity contribution is 8.00. The van der Waals surface area contributed by atoms with E-state index in [1.165, 1.54) is 16.7 Å². The van der Waals surface area contributed by atoms with Gasteiger partial charge in [0, 0.05) is 47.8 Å². The molecule has 3 aliphatic rings. The van der Waals surface area contributed by atoms with Crippen LogP contribution in [0.25, 0.3) is 0 Å². The van der Waals surface area contributed by atoms with Gasteiger partial charge in [-0.05, 0) is 83.6 Å². The fourth-order valence-corrected chi connectivity index (χ4v) is 8.02. The van der Waals surface area contributed by atoms with Crippen LogP contribution in [0.3, 0.4) is 0 Å². The van der Waals surface area contributed by atoms with Gasteiger partial charge in [0.15, 0.2) is 0 Å². The van der Waals surface area contributed by atoms with Gasteiger partial charge >= 0.3 is 6.09 Å². The standard InChI is InChI=1S/C38H58FN3O9S/c1-6-30-31(43)32(44)33(45)34(50-30)28(24(2)52-27-13-11-26(12-14-27)36(47)41-19-21-49-22-20-41)23-40-35(46)29-15-10-25(9-7-8-17-39)16-18-42(29)37(48)51-38(3,4)5/h10-14,24,28-34,43-45H,6-9,15-23H2,1-5H3,(H,40,46)/t24-,28+,29?,30?,31-,32?,33?,34+/m0/s1. The fourth-order valence-electron chi connectivity index (χ4n) is 6.87. The van der Waals surface area contributed by atoms with E-state index in [1.807, 2.05) is 32.1 Å². The SMILES string of the molecule is CCC1O[C@H]([C@H](CNC(=O)C2CC=C(CCCCF)CCN2C(=O)OC(C)(C)C)[C@H](C)Sc2ccc(C(=O)N3CCOCC3)cc2)C(O)C(O)[C@H]1O. The highest BCUT2D eigenvalue weighted by atomic mass is 32.2. The molecule has 0 aromatic heterocycles. The smallest absolute Gasteiger partial charge is 0.410 e. The Bertz CT molecular complexity index is 1350. The molecule has 0 radical (unpaired) electrons. The zero-order chi connectivity index (χ0) is 38.0. The summed E-state index contributed by atoms with van der Waals surface area (Å²) in [4.78, 5) is 44.5.